The topological polar surface area (TPSA) is 70.9 Å². The lowest BCUT2D eigenvalue weighted by molar-refractivity contribution is -0.137. The fourth-order valence-corrected chi connectivity index (χ4v) is 5.27. The number of benzene rings is 2. The SMILES string of the molecule is CSc1ccccc1N1C2=C(N=C(C)N(c3ccc(C(F)(F)F)cc3)C2N)SC1N. The maximum absolute atomic E-state index is 12.9. The molecule has 0 spiro atoms. The van der Waals surface area contributed by atoms with Gasteiger partial charge < -0.3 is 21.3 Å². The first kappa shape index (κ1) is 21.1. The third kappa shape index (κ3) is 3.58. The van der Waals surface area contributed by atoms with E-state index in [-0.39, 0.29) is 0 Å². The highest BCUT2D eigenvalue weighted by atomic mass is 32.2. The van der Waals surface area contributed by atoms with E-state index in [1.165, 1.54) is 23.9 Å². The van der Waals surface area contributed by atoms with Crippen molar-refractivity contribution in [2.24, 2.45) is 16.5 Å². The minimum Gasteiger partial charge on any atom is -0.313 e. The Morgan fingerprint density at radius 2 is 1.70 bits per heavy atom. The molecule has 4 rings (SSSR count). The van der Waals surface area contributed by atoms with Gasteiger partial charge in [-0.15, -0.1) is 11.8 Å². The zero-order valence-corrected chi connectivity index (χ0v) is 17.9. The number of thioether (sulfide) groups is 2. The normalized spacial score (nSPS) is 21.8. The molecule has 0 saturated carbocycles. The minimum atomic E-state index is -4.39. The van der Waals surface area contributed by atoms with E-state index < -0.39 is 23.4 Å². The number of para-hydroxylation sites is 1. The molecule has 2 aliphatic heterocycles. The number of anilines is 2. The van der Waals surface area contributed by atoms with Crippen molar-refractivity contribution in [3.63, 3.8) is 0 Å². The van der Waals surface area contributed by atoms with Crippen molar-refractivity contribution in [3.8, 4) is 0 Å². The lowest BCUT2D eigenvalue weighted by atomic mass is 10.1. The summed E-state index contributed by atoms with van der Waals surface area (Å²) in [6.45, 7) is 1.78. The standard InChI is InChI=1S/C20H20F3N5S2/c1-11-26-18-16(28(19(25)30-18)14-5-3-4-6-15(14)29-2)17(24)27(11)13-9-7-12(8-10-13)20(21,22)23/h3-10,17,19H,24-25H2,1-2H3. The number of nitrogens with zero attached hydrogens (tertiary/aromatic N) is 3. The van der Waals surface area contributed by atoms with Gasteiger partial charge in [-0.1, -0.05) is 23.9 Å². The predicted molar refractivity (Wildman–Crippen MR) is 118 cm³/mol. The van der Waals surface area contributed by atoms with Crippen LogP contribution in [0.15, 0.2) is 69.1 Å². The van der Waals surface area contributed by atoms with Crippen LogP contribution in [0.1, 0.15) is 12.5 Å². The number of alkyl halides is 3. The van der Waals surface area contributed by atoms with Crippen LogP contribution in [-0.2, 0) is 6.18 Å². The van der Waals surface area contributed by atoms with Gasteiger partial charge in [-0.25, -0.2) is 4.99 Å². The number of hydrogen-bond donors (Lipinski definition) is 2. The predicted octanol–water partition coefficient (Wildman–Crippen LogP) is 4.62. The zero-order chi connectivity index (χ0) is 21.6. The molecule has 0 aromatic heterocycles. The fraction of sp³-hybridized carbons (Fsp3) is 0.250. The first-order valence-corrected chi connectivity index (χ1v) is 11.2. The Balaban J connectivity index is 1.74. The molecule has 0 amide bonds. The minimum absolute atomic E-state index is 0.404. The molecule has 30 heavy (non-hydrogen) atoms. The average molecular weight is 452 g/mol. The van der Waals surface area contributed by atoms with Gasteiger partial charge in [0, 0.05) is 10.6 Å². The largest absolute Gasteiger partial charge is 0.416 e. The molecule has 4 N–H and O–H groups in total. The molecule has 0 bridgehead atoms. The van der Waals surface area contributed by atoms with E-state index in [0.29, 0.717) is 11.5 Å². The number of nitrogens with two attached hydrogens (primary N) is 2. The molecular formula is C20H20F3N5S2. The van der Waals surface area contributed by atoms with Gasteiger partial charge in [-0.05, 0) is 49.6 Å². The summed E-state index contributed by atoms with van der Waals surface area (Å²) in [5, 5.41) is 0.728. The number of halogens is 3. The van der Waals surface area contributed by atoms with Crippen LogP contribution in [0.5, 0.6) is 0 Å². The first-order chi connectivity index (χ1) is 14.2. The quantitative estimate of drug-likeness (QED) is 0.664. The fourth-order valence-electron chi connectivity index (χ4n) is 3.60. The molecule has 2 atom stereocenters. The van der Waals surface area contributed by atoms with E-state index in [1.54, 1.807) is 23.6 Å². The van der Waals surface area contributed by atoms with Crippen molar-refractivity contribution >= 4 is 40.7 Å². The van der Waals surface area contributed by atoms with Crippen LogP contribution in [0, 0.1) is 0 Å². The van der Waals surface area contributed by atoms with Gasteiger partial charge in [-0.3, -0.25) is 0 Å². The van der Waals surface area contributed by atoms with Crippen LogP contribution in [0.3, 0.4) is 0 Å². The van der Waals surface area contributed by atoms with Gasteiger partial charge in [0.25, 0.3) is 0 Å². The summed E-state index contributed by atoms with van der Waals surface area (Å²) >= 11 is 3.01. The number of rotatable bonds is 3. The molecule has 0 aliphatic carbocycles. The highest BCUT2D eigenvalue weighted by Crippen LogP contribution is 2.46. The van der Waals surface area contributed by atoms with Gasteiger partial charge in [0.05, 0.1) is 16.9 Å². The van der Waals surface area contributed by atoms with Crippen molar-refractivity contribution in [1.82, 2.24) is 0 Å². The molecule has 0 saturated heterocycles. The molecule has 5 nitrogen and oxygen atoms in total. The summed E-state index contributed by atoms with van der Waals surface area (Å²) in [6, 6.07) is 12.8. The van der Waals surface area contributed by atoms with Crippen molar-refractivity contribution in [1.29, 1.82) is 0 Å². The summed E-state index contributed by atoms with van der Waals surface area (Å²) in [5.74, 6) is 0.598. The maximum Gasteiger partial charge on any atom is 0.416 e. The number of aliphatic imine (C=N–C) groups is 1. The summed E-state index contributed by atoms with van der Waals surface area (Å²) in [5.41, 5.74) is 14.1. The summed E-state index contributed by atoms with van der Waals surface area (Å²) in [4.78, 5) is 9.39. The van der Waals surface area contributed by atoms with Crippen LogP contribution in [0.25, 0.3) is 0 Å². The molecule has 10 heteroatoms. The second-order valence-corrected chi connectivity index (χ2v) is 8.71. The molecular weight excluding hydrogens is 431 g/mol. The van der Waals surface area contributed by atoms with Crippen LogP contribution in [-0.4, -0.2) is 23.8 Å². The highest BCUT2D eigenvalue weighted by molar-refractivity contribution is 8.04. The first-order valence-electron chi connectivity index (χ1n) is 9.08. The van der Waals surface area contributed by atoms with Crippen LogP contribution in [0.4, 0.5) is 24.5 Å². The smallest absolute Gasteiger partial charge is 0.313 e. The number of hydrogen-bond acceptors (Lipinski definition) is 7. The summed E-state index contributed by atoms with van der Waals surface area (Å²) < 4.78 is 38.8. The Morgan fingerprint density at radius 3 is 2.33 bits per heavy atom. The summed E-state index contributed by atoms with van der Waals surface area (Å²) in [7, 11) is 0. The second kappa shape index (κ2) is 7.84. The van der Waals surface area contributed by atoms with E-state index in [9.17, 15) is 13.2 Å². The molecule has 2 aliphatic rings. The van der Waals surface area contributed by atoms with Crippen molar-refractivity contribution in [2.75, 3.05) is 16.1 Å². The Bertz CT molecular complexity index is 1020. The van der Waals surface area contributed by atoms with Crippen LogP contribution in [0.2, 0.25) is 0 Å². The average Bonchev–Trinajstić information content (AvgIpc) is 3.03. The highest BCUT2D eigenvalue weighted by Gasteiger charge is 2.41. The Hall–Kier alpha value is -2.14. The Kier molecular flexibility index (Phi) is 5.52. The lowest BCUT2D eigenvalue weighted by Crippen LogP contribution is -2.53. The van der Waals surface area contributed by atoms with E-state index in [2.05, 4.69) is 4.99 Å². The Morgan fingerprint density at radius 1 is 1.03 bits per heavy atom. The molecule has 0 radical (unpaired) electrons. The number of amidine groups is 1. The third-order valence-corrected chi connectivity index (χ3v) is 6.71. The van der Waals surface area contributed by atoms with E-state index in [4.69, 9.17) is 11.5 Å². The maximum atomic E-state index is 12.9. The second-order valence-electron chi connectivity index (χ2n) is 6.76. The van der Waals surface area contributed by atoms with Gasteiger partial charge in [-0.2, -0.15) is 13.2 Å². The monoisotopic (exact) mass is 451 g/mol. The summed E-state index contributed by atoms with van der Waals surface area (Å²) in [6.07, 6.45) is -3.06. The van der Waals surface area contributed by atoms with Crippen molar-refractivity contribution in [3.05, 3.63) is 64.8 Å². The van der Waals surface area contributed by atoms with Gasteiger partial charge in [0.2, 0.25) is 0 Å². The van der Waals surface area contributed by atoms with Crippen LogP contribution >= 0.6 is 23.5 Å². The van der Waals surface area contributed by atoms with Gasteiger partial charge in [0.1, 0.15) is 22.5 Å². The van der Waals surface area contributed by atoms with Crippen molar-refractivity contribution in [2.45, 2.75) is 29.7 Å². The molecule has 2 heterocycles. The lowest BCUT2D eigenvalue weighted by Gasteiger charge is -2.38. The van der Waals surface area contributed by atoms with Gasteiger partial charge >= 0.3 is 6.18 Å². The van der Waals surface area contributed by atoms with E-state index in [0.717, 1.165) is 33.4 Å². The van der Waals surface area contributed by atoms with Gasteiger partial charge in [0.15, 0.2) is 0 Å². The third-order valence-electron chi connectivity index (χ3n) is 4.95. The molecule has 2 aromatic carbocycles. The Labute approximate surface area is 181 Å². The molecule has 0 fully saturated rings. The van der Waals surface area contributed by atoms with Crippen molar-refractivity contribution < 1.29 is 13.2 Å². The van der Waals surface area contributed by atoms with Crippen LogP contribution < -0.4 is 21.3 Å². The zero-order valence-electron chi connectivity index (χ0n) is 16.2. The molecule has 2 unspecified atom stereocenters. The van der Waals surface area contributed by atoms with E-state index in [1.807, 2.05) is 35.4 Å². The molecule has 158 valence electrons. The molecule has 2 aromatic rings. The van der Waals surface area contributed by atoms with E-state index >= 15 is 0 Å².